The van der Waals surface area contributed by atoms with Crippen LogP contribution >= 0.6 is 27.7 Å². The zero-order valence-electron chi connectivity index (χ0n) is 12.1. The Kier molecular flexibility index (Phi) is 4.82. The lowest BCUT2D eigenvalue weighted by atomic mass is 10.2. The Morgan fingerprint density at radius 2 is 1.88 bits per heavy atom. The van der Waals surface area contributed by atoms with Gasteiger partial charge in [-0.25, -0.2) is 4.79 Å². The summed E-state index contributed by atoms with van der Waals surface area (Å²) in [6.07, 6.45) is 1.60. The van der Waals surface area contributed by atoms with Crippen molar-refractivity contribution in [2.75, 3.05) is 0 Å². The number of hydrogen-bond acceptors (Lipinski definition) is 5. The van der Waals surface area contributed by atoms with Crippen LogP contribution in [-0.2, 0) is 4.79 Å². The monoisotopic (exact) mass is 403 g/mol. The van der Waals surface area contributed by atoms with E-state index in [4.69, 9.17) is 4.74 Å². The van der Waals surface area contributed by atoms with Crippen molar-refractivity contribution in [2.45, 2.75) is 0 Å². The predicted molar refractivity (Wildman–Crippen MR) is 94.6 cm³/mol. The van der Waals surface area contributed by atoms with Crippen molar-refractivity contribution in [1.29, 1.82) is 0 Å². The number of nitrogens with one attached hydrogen (secondary N) is 1. The maximum Gasteiger partial charge on any atom is 0.343 e. The summed E-state index contributed by atoms with van der Waals surface area (Å²) in [6, 6.07) is 13.6. The highest BCUT2D eigenvalue weighted by atomic mass is 79.9. The second kappa shape index (κ2) is 7.02. The molecular weight excluding hydrogens is 394 g/mol. The molecule has 1 aliphatic rings. The number of imide groups is 1. The van der Waals surface area contributed by atoms with E-state index in [1.807, 2.05) is 6.07 Å². The summed E-state index contributed by atoms with van der Waals surface area (Å²) in [5.74, 6) is -0.476. The molecule has 2 aromatic carbocycles. The van der Waals surface area contributed by atoms with Crippen LogP contribution in [0.15, 0.2) is 57.9 Å². The molecule has 1 heterocycles. The first kappa shape index (κ1) is 16.5. The number of amides is 2. The number of hydrogen-bond donors (Lipinski definition) is 1. The van der Waals surface area contributed by atoms with Crippen molar-refractivity contribution < 1.29 is 19.1 Å². The molecule has 0 unspecified atom stereocenters. The van der Waals surface area contributed by atoms with Gasteiger partial charge in [-0.15, -0.1) is 0 Å². The molecule has 120 valence electrons. The number of esters is 1. The van der Waals surface area contributed by atoms with Gasteiger partial charge in [-0.2, -0.15) is 0 Å². The van der Waals surface area contributed by atoms with Gasteiger partial charge >= 0.3 is 5.97 Å². The zero-order valence-corrected chi connectivity index (χ0v) is 14.5. The van der Waals surface area contributed by atoms with Crippen LogP contribution < -0.4 is 10.1 Å². The van der Waals surface area contributed by atoms with Gasteiger partial charge in [0, 0.05) is 4.47 Å². The fourth-order valence-electron chi connectivity index (χ4n) is 1.99. The molecule has 24 heavy (non-hydrogen) atoms. The third-order valence-electron chi connectivity index (χ3n) is 3.09. The fourth-order valence-corrected chi connectivity index (χ4v) is 3.07. The van der Waals surface area contributed by atoms with Crippen LogP contribution in [0, 0.1) is 0 Å². The Bertz CT molecular complexity index is 861. The minimum absolute atomic E-state index is 0.332. The predicted octanol–water partition coefficient (Wildman–Crippen LogP) is 3.99. The second-order valence-electron chi connectivity index (χ2n) is 4.82. The Balaban J connectivity index is 1.71. The van der Waals surface area contributed by atoms with E-state index >= 15 is 0 Å². The van der Waals surface area contributed by atoms with E-state index in [0.717, 1.165) is 21.8 Å². The number of halogens is 1. The average molecular weight is 404 g/mol. The second-order valence-corrected chi connectivity index (χ2v) is 6.75. The van der Waals surface area contributed by atoms with Gasteiger partial charge in [0.25, 0.3) is 11.1 Å². The smallest absolute Gasteiger partial charge is 0.343 e. The van der Waals surface area contributed by atoms with Gasteiger partial charge in [0.15, 0.2) is 0 Å². The first-order valence-corrected chi connectivity index (χ1v) is 8.45. The SMILES string of the molecule is O=C1NC(=O)C(=Cc2ccc(OC(=O)c3cccc(Br)c3)cc2)S1. The summed E-state index contributed by atoms with van der Waals surface area (Å²) in [7, 11) is 0. The third kappa shape index (κ3) is 3.93. The van der Waals surface area contributed by atoms with Crippen molar-refractivity contribution in [3.05, 3.63) is 69.0 Å². The molecule has 2 amide bonds. The molecule has 7 heteroatoms. The molecular formula is C17H10BrNO4S. The molecule has 0 spiro atoms. The quantitative estimate of drug-likeness (QED) is 0.476. The lowest BCUT2D eigenvalue weighted by Gasteiger charge is -2.05. The minimum Gasteiger partial charge on any atom is -0.423 e. The van der Waals surface area contributed by atoms with Crippen LogP contribution in [0.4, 0.5) is 4.79 Å². The van der Waals surface area contributed by atoms with E-state index in [1.54, 1.807) is 48.5 Å². The summed E-state index contributed by atoms with van der Waals surface area (Å²) in [4.78, 5) is 35.0. The molecule has 3 rings (SSSR count). The van der Waals surface area contributed by atoms with Crippen LogP contribution in [0.3, 0.4) is 0 Å². The Morgan fingerprint density at radius 1 is 1.12 bits per heavy atom. The van der Waals surface area contributed by atoms with Gasteiger partial charge in [0.05, 0.1) is 10.5 Å². The topological polar surface area (TPSA) is 72.5 Å². The number of carbonyl (C=O) groups excluding carboxylic acids is 3. The van der Waals surface area contributed by atoms with Crippen molar-refractivity contribution in [1.82, 2.24) is 5.32 Å². The molecule has 1 N–H and O–H groups in total. The van der Waals surface area contributed by atoms with Gasteiger partial charge in [0.1, 0.15) is 5.75 Å². The molecule has 0 saturated carbocycles. The Hall–Kier alpha value is -2.38. The van der Waals surface area contributed by atoms with E-state index in [-0.39, 0.29) is 5.24 Å². The van der Waals surface area contributed by atoms with Crippen molar-refractivity contribution >= 4 is 50.9 Å². The van der Waals surface area contributed by atoms with E-state index in [1.165, 1.54) is 0 Å². The van der Waals surface area contributed by atoms with E-state index in [2.05, 4.69) is 21.2 Å². The molecule has 2 aromatic rings. The Labute approximate surface area is 150 Å². The van der Waals surface area contributed by atoms with Crippen LogP contribution in [0.25, 0.3) is 6.08 Å². The van der Waals surface area contributed by atoms with Gasteiger partial charge in [-0.05, 0) is 53.7 Å². The molecule has 1 fully saturated rings. The first-order valence-electron chi connectivity index (χ1n) is 6.84. The van der Waals surface area contributed by atoms with Gasteiger partial charge in [-0.3, -0.25) is 14.9 Å². The first-order chi connectivity index (χ1) is 11.5. The summed E-state index contributed by atoms with van der Waals surface area (Å²) >= 11 is 4.16. The van der Waals surface area contributed by atoms with Crippen LogP contribution in [-0.4, -0.2) is 17.1 Å². The van der Waals surface area contributed by atoms with Gasteiger partial charge in [-0.1, -0.05) is 34.1 Å². The number of benzene rings is 2. The Morgan fingerprint density at radius 3 is 2.50 bits per heavy atom. The maximum atomic E-state index is 12.1. The van der Waals surface area contributed by atoms with Crippen LogP contribution in [0.1, 0.15) is 15.9 Å². The fraction of sp³-hybridized carbons (Fsp3) is 0. The molecule has 0 radical (unpaired) electrons. The molecule has 5 nitrogen and oxygen atoms in total. The maximum absolute atomic E-state index is 12.1. The molecule has 0 atom stereocenters. The van der Waals surface area contributed by atoms with Crippen LogP contribution in [0.5, 0.6) is 5.75 Å². The summed E-state index contributed by atoms with van der Waals surface area (Å²) in [5, 5.41) is 1.81. The molecule has 1 aliphatic heterocycles. The van der Waals surface area contributed by atoms with Crippen molar-refractivity contribution in [3.8, 4) is 5.75 Å². The summed E-state index contributed by atoms with van der Waals surface area (Å²) in [6.45, 7) is 0. The number of rotatable bonds is 3. The van der Waals surface area contributed by atoms with Gasteiger partial charge < -0.3 is 4.74 Å². The number of carbonyl (C=O) groups is 3. The number of thioether (sulfide) groups is 1. The van der Waals surface area contributed by atoms with Crippen molar-refractivity contribution in [3.63, 3.8) is 0 Å². The van der Waals surface area contributed by atoms with E-state index in [0.29, 0.717) is 16.2 Å². The van der Waals surface area contributed by atoms with Gasteiger partial charge in [0.2, 0.25) is 0 Å². The minimum atomic E-state index is -0.460. The molecule has 0 bridgehead atoms. The largest absolute Gasteiger partial charge is 0.423 e. The van der Waals surface area contributed by atoms with E-state index < -0.39 is 11.9 Å². The standard InChI is InChI=1S/C17H10BrNO4S/c18-12-3-1-2-11(9-12)16(21)23-13-6-4-10(5-7-13)8-14-15(20)19-17(22)24-14/h1-9H,(H,19,20,22). The highest BCUT2D eigenvalue weighted by molar-refractivity contribution is 9.10. The number of ether oxygens (including phenoxy) is 1. The van der Waals surface area contributed by atoms with Crippen LogP contribution in [0.2, 0.25) is 0 Å². The highest BCUT2D eigenvalue weighted by Crippen LogP contribution is 2.26. The highest BCUT2D eigenvalue weighted by Gasteiger charge is 2.24. The van der Waals surface area contributed by atoms with E-state index in [9.17, 15) is 14.4 Å². The molecule has 1 saturated heterocycles. The molecule has 0 aliphatic carbocycles. The lowest BCUT2D eigenvalue weighted by Crippen LogP contribution is -2.17. The lowest BCUT2D eigenvalue weighted by molar-refractivity contribution is -0.115. The summed E-state index contributed by atoms with van der Waals surface area (Å²) in [5.41, 5.74) is 1.16. The normalized spacial score (nSPS) is 15.5. The van der Waals surface area contributed by atoms with Crippen molar-refractivity contribution in [2.24, 2.45) is 0 Å². The zero-order chi connectivity index (χ0) is 17.1. The summed E-state index contributed by atoms with van der Waals surface area (Å²) < 4.78 is 6.09. The third-order valence-corrected chi connectivity index (χ3v) is 4.39. The molecule has 0 aromatic heterocycles. The average Bonchev–Trinajstić information content (AvgIpc) is 2.87.